The van der Waals surface area contributed by atoms with Crippen molar-refractivity contribution < 1.29 is 19.0 Å². The molecule has 0 saturated carbocycles. The molecule has 1 heterocycles. The van der Waals surface area contributed by atoms with Gasteiger partial charge < -0.3 is 9.84 Å². The number of methoxy groups -OCH3 is 1. The van der Waals surface area contributed by atoms with Crippen LogP contribution in [0.25, 0.3) is 0 Å². The van der Waals surface area contributed by atoms with Gasteiger partial charge in [-0.2, -0.15) is 0 Å². The molecule has 0 unspecified atom stereocenters. The van der Waals surface area contributed by atoms with Crippen molar-refractivity contribution in [3.8, 4) is 6.01 Å². The minimum atomic E-state index is -1.34. The zero-order chi connectivity index (χ0) is 15.6. The van der Waals surface area contributed by atoms with Crippen LogP contribution < -0.4 is 10.3 Å². The number of nitrogens with zero attached hydrogens (tertiary/aromatic N) is 2. The van der Waals surface area contributed by atoms with Crippen molar-refractivity contribution >= 4 is 5.97 Å². The summed E-state index contributed by atoms with van der Waals surface area (Å²) in [7, 11) is 1.38. The van der Waals surface area contributed by atoms with Crippen molar-refractivity contribution in [1.29, 1.82) is 0 Å². The molecule has 0 aliphatic rings. The maximum atomic E-state index is 13.6. The van der Waals surface area contributed by atoms with Gasteiger partial charge in [-0.1, -0.05) is 6.07 Å². The molecule has 0 radical (unpaired) electrons. The summed E-state index contributed by atoms with van der Waals surface area (Å²) in [6.07, 6.45) is 0. The largest absolute Gasteiger partial charge is 0.478 e. The molecular weight excluding hydrogens is 279 g/mol. The van der Waals surface area contributed by atoms with Gasteiger partial charge in [0.25, 0.3) is 11.6 Å². The molecule has 0 aliphatic heterocycles. The Labute approximate surface area is 119 Å². The van der Waals surface area contributed by atoms with E-state index < -0.39 is 17.3 Å². The second-order valence-electron chi connectivity index (χ2n) is 4.43. The highest BCUT2D eigenvalue weighted by molar-refractivity contribution is 5.87. The number of aromatic nitrogens is 2. The van der Waals surface area contributed by atoms with Crippen LogP contribution in [0.5, 0.6) is 6.01 Å². The highest BCUT2D eigenvalue weighted by Gasteiger charge is 2.13. The number of benzene rings is 1. The summed E-state index contributed by atoms with van der Waals surface area (Å²) in [4.78, 5) is 26.8. The van der Waals surface area contributed by atoms with Gasteiger partial charge in [-0.05, 0) is 24.6 Å². The van der Waals surface area contributed by atoms with Crippen molar-refractivity contribution in [2.24, 2.45) is 0 Å². The lowest BCUT2D eigenvalue weighted by Crippen LogP contribution is -2.23. The van der Waals surface area contributed by atoms with Gasteiger partial charge in [0.05, 0.1) is 19.2 Å². The molecule has 6 nitrogen and oxygen atoms in total. The number of hydrogen-bond donors (Lipinski definition) is 1. The third kappa shape index (κ3) is 3.07. The first-order chi connectivity index (χ1) is 9.92. The van der Waals surface area contributed by atoms with Crippen LogP contribution in [-0.4, -0.2) is 27.7 Å². The number of ether oxygens (including phenoxy) is 1. The van der Waals surface area contributed by atoms with E-state index in [1.807, 2.05) is 0 Å². The molecule has 0 amide bonds. The lowest BCUT2D eigenvalue weighted by molar-refractivity contribution is 0.0692. The van der Waals surface area contributed by atoms with Gasteiger partial charge in [0.1, 0.15) is 5.82 Å². The Hall–Kier alpha value is -2.70. The van der Waals surface area contributed by atoms with Gasteiger partial charge in [-0.25, -0.2) is 14.2 Å². The van der Waals surface area contributed by atoms with E-state index in [2.05, 4.69) is 4.98 Å². The molecule has 1 aromatic carbocycles. The number of carboxylic acid groups (broad SMARTS) is 1. The first-order valence-electron chi connectivity index (χ1n) is 6.06. The maximum Gasteiger partial charge on any atom is 0.338 e. The number of rotatable bonds is 4. The average Bonchev–Trinajstić information content (AvgIpc) is 2.41. The van der Waals surface area contributed by atoms with Crippen LogP contribution in [0.4, 0.5) is 4.39 Å². The second-order valence-corrected chi connectivity index (χ2v) is 4.43. The Morgan fingerprint density at radius 3 is 2.71 bits per heavy atom. The highest BCUT2D eigenvalue weighted by Crippen LogP contribution is 2.13. The molecule has 0 aliphatic carbocycles. The molecule has 0 fully saturated rings. The van der Waals surface area contributed by atoms with E-state index in [1.54, 1.807) is 6.92 Å². The number of aromatic carboxylic acids is 1. The molecule has 110 valence electrons. The first-order valence-corrected chi connectivity index (χ1v) is 6.06. The van der Waals surface area contributed by atoms with Crippen molar-refractivity contribution in [3.05, 3.63) is 57.3 Å². The van der Waals surface area contributed by atoms with Crippen molar-refractivity contribution in [1.82, 2.24) is 9.55 Å². The van der Waals surface area contributed by atoms with E-state index in [0.717, 1.165) is 12.1 Å². The smallest absolute Gasteiger partial charge is 0.338 e. The summed E-state index contributed by atoms with van der Waals surface area (Å²) < 4.78 is 19.9. The van der Waals surface area contributed by atoms with Gasteiger partial charge in [0.15, 0.2) is 0 Å². The van der Waals surface area contributed by atoms with E-state index in [4.69, 9.17) is 9.84 Å². The van der Waals surface area contributed by atoms with E-state index in [-0.39, 0.29) is 18.1 Å². The van der Waals surface area contributed by atoms with Crippen LogP contribution in [0.15, 0.2) is 29.1 Å². The fourth-order valence-corrected chi connectivity index (χ4v) is 1.91. The van der Waals surface area contributed by atoms with Gasteiger partial charge in [0, 0.05) is 11.8 Å². The van der Waals surface area contributed by atoms with Gasteiger partial charge in [0.2, 0.25) is 0 Å². The zero-order valence-corrected chi connectivity index (χ0v) is 11.5. The number of halogens is 1. The third-order valence-electron chi connectivity index (χ3n) is 2.89. The molecule has 0 bridgehead atoms. The molecule has 2 aromatic rings. The summed E-state index contributed by atoms with van der Waals surface area (Å²) in [6, 6.07) is 5.13. The van der Waals surface area contributed by atoms with Crippen molar-refractivity contribution in [2.45, 2.75) is 13.5 Å². The van der Waals surface area contributed by atoms with Gasteiger partial charge in [-0.15, -0.1) is 0 Å². The Morgan fingerprint density at radius 1 is 1.43 bits per heavy atom. The van der Waals surface area contributed by atoms with E-state index in [9.17, 15) is 14.0 Å². The quantitative estimate of drug-likeness (QED) is 0.922. The lowest BCUT2D eigenvalue weighted by atomic mass is 10.1. The van der Waals surface area contributed by atoms with E-state index >= 15 is 0 Å². The van der Waals surface area contributed by atoms with Crippen molar-refractivity contribution in [2.75, 3.05) is 7.11 Å². The van der Waals surface area contributed by atoms with Gasteiger partial charge in [-0.3, -0.25) is 9.36 Å². The van der Waals surface area contributed by atoms with Crippen molar-refractivity contribution in [3.63, 3.8) is 0 Å². The highest BCUT2D eigenvalue weighted by atomic mass is 19.1. The van der Waals surface area contributed by atoms with E-state index in [0.29, 0.717) is 11.3 Å². The topological polar surface area (TPSA) is 81.4 Å². The minimum absolute atomic E-state index is 0.0338. The summed E-state index contributed by atoms with van der Waals surface area (Å²) in [6.45, 7) is 1.70. The predicted molar refractivity (Wildman–Crippen MR) is 72.2 cm³/mol. The van der Waals surface area contributed by atoms with Crippen LogP contribution >= 0.6 is 0 Å². The second kappa shape index (κ2) is 5.74. The summed E-state index contributed by atoms with van der Waals surface area (Å²) in [5, 5.41) is 8.78. The predicted octanol–water partition coefficient (Wildman–Crippen LogP) is 1.45. The third-order valence-corrected chi connectivity index (χ3v) is 2.89. The Balaban J connectivity index is 2.41. The number of aryl methyl sites for hydroxylation is 1. The SMILES string of the molecule is COc1nc(C)cc(=O)n1Cc1ccc(C(=O)O)c(F)c1. The first kappa shape index (κ1) is 14.7. The van der Waals surface area contributed by atoms with Gasteiger partial charge >= 0.3 is 5.97 Å². The zero-order valence-electron chi connectivity index (χ0n) is 11.5. The standard InChI is InChI=1S/C14H13FN2O4/c1-8-5-12(18)17(14(16-8)21-2)7-9-3-4-10(13(19)20)11(15)6-9/h3-6H,7H2,1-2H3,(H,19,20). The molecule has 0 saturated heterocycles. The van der Waals surface area contributed by atoms with Crippen LogP contribution in [-0.2, 0) is 6.54 Å². The number of hydrogen-bond acceptors (Lipinski definition) is 4. The summed E-state index contributed by atoms with van der Waals surface area (Å²) in [5.74, 6) is -2.20. The van der Waals surface area contributed by atoms with E-state index in [1.165, 1.54) is 23.8 Å². The summed E-state index contributed by atoms with van der Waals surface area (Å²) in [5.41, 5.74) is 0.200. The molecule has 1 N–H and O–H groups in total. The fraction of sp³-hybridized carbons (Fsp3) is 0.214. The number of carbonyl (C=O) groups is 1. The average molecular weight is 292 g/mol. The Kier molecular flexibility index (Phi) is 4.02. The molecule has 1 aromatic heterocycles. The maximum absolute atomic E-state index is 13.6. The minimum Gasteiger partial charge on any atom is -0.478 e. The van der Waals surface area contributed by atoms with Crippen LogP contribution in [0.1, 0.15) is 21.6 Å². The molecule has 7 heteroatoms. The monoisotopic (exact) mass is 292 g/mol. The number of carboxylic acids is 1. The molecule has 0 atom stereocenters. The lowest BCUT2D eigenvalue weighted by Gasteiger charge is -2.11. The Morgan fingerprint density at radius 2 is 2.14 bits per heavy atom. The van der Waals surface area contributed by atoms with Crippen LogP contribution in [0.3, 0.4) is 0 Å². The fourth-order valence-electron chi connectivity index (χ4n) is 1.91. The Bertz CT molecular complexity index is 755. The molecule has 0 spiro atoms. The molecule has 21 heavy (non-hydrogen) atoms. The molecular formula is C14H13FN2O4. The summed E-state index contributed by atoms with van der Waals surface area (Å²) >= 11 is 0. The molecule has 2 rings (SSSR count). The normalized spacial score (nSPS) is 10.4. The van der Waals surface area contributed by atoms with Crippen LogP contribution in [0, 0.1) is 12.7 Å². The van der Waals surface area contributed by atoms with Crippen LogP contribution in [0.2, 0.25) is 0 Å².